The minimum absolute atomic E-state index is 0.00140. The van der Waals surface area contributed by atoms with Crippen molar-refractivity contribution in [1.82, 2.24) is 15.1 Å². The second kappa shape index (κ2) is 8.38. The zero-order valence-electron chi connectivity index (χ0n) is 13.3. The van der Waals surface area contributed by atoms with E-state index in [2.05, 4.69) is 15.7 Å². The summed E-state index contributed by atoms with van der Waals surface area (Å²) >= 11 is 0. The molecule has 1 aromatic rings. The van der Waals surface area contributed by atoms with Crippen LogP contribution in [-0.2, 0) is 16.1 Å². The number of carboxylic acids is 1. The number of aliphatic carboxylic acids is 1. The summed E-state index contributed by atoms with van der Waals surface area (Å²) in [5.74, 6) is -0.436. The van der Waals surface area contributed by atoms with Crippen molar-refractivity contribution < 1.29 is 19.4 Å². The molecule has 0 radical (unpaired) electrons. The summed E-state index contributed by atoms with van der Waals surface area (Å²) in [6, 6.07) is 1.30. The molecule has 0 aliphatic rings. The molecule has 0 aliphatic heterocycles. The maximum Gasteiger partial charge on any atom is 0.320 e. The van der Waals surface area contributed by atoms with Crippen LogP contribution in [0.3, 0.4) is 0 Å². The van der Waals surface area contributed by atoms with Gasteiger partial charge in [0.15, 0.2) is 5.82 Å². The van der Waals surface area contributed by atoms with Crippen molar-refractivity contribution in [1.29, 1.82) is 0 Å². The number of hydrogen-bond acceptors (Lipinski definition) is 4. The van der Waals surface area contributed by atoms with E-state index in [1.807, 2.05) is 0 Å². The molecule has 1 heterocycles. The third-order valence-corrected chi connectivity index (χ3v) is 3.03. The molecule has 1 rings (SSSR count). The van der Waals surface area contributed by atoms with Gasteiger partial charge < -0.3 is 15.2 Å². The van der Waals surface area contributed by atoms with Crippen LogP contribution in [0.15, 0.2) is 12.3 Å². The predicted molar refractivity (Wildman–Crippen MR) is 81.8 cm³/mol. The maximum absolute atomic E-state index is 11.9. The maximum atomic E-state index is 11.9. The van der Waals surface area contributed by atoms with Crippen LogP contribution in [-0.4, -0.2) is 46.1 Å². The van der Waals surface area contributed by atoms with Crippen molar-refractivity contribution in [2.75, 3.05) is 19.0 Å². The molecule has 8 heteroatoms. The minimum atomic E-state index is -0.884. The van der Waals surface area contributed by atoms with Crippen molar-refractivity contribution in [3.63, 3.8) is 0 Å². The molecule has 0 saturated heterocycles. The smallest absolute Gasteiger partial charge is 0.320 e. The average Bonchev–Trinajstić information content (AvgIpc) is 2.83. The molecule has 0 aromatic carbocycles. The van der Waals surface area contributed by atoms with Gasteiger partial charge in [0.25, 0.3) is 0 Å². The fraction of sp³-hybridized carbons (Fsp3) is 0.643. The van der Waals surface area contributed by atoms with Gasteiger partial charge in [-0.25, -0.2) is 4.79 Å². The number of nitrogens with one attached hydrogen (secondary N) is 2. The molecule has 0 saturated carbocycles. The van der Waals surface area contributed by atoms with Gasteiger partial charge in [-0.1, -0.05) is 0 Å². The first-order valence-corrected chi connectivity index (χ1v) is 7.16. The minimum Gasteiger partial charge on any atom is -0.481 e. The van der Waals surface area contributed by atoms with Crippen molar-refractivity contribution in [2.45, 2.75) is 45.2 Å². The van der Waals surface area contributed by atoms with Crippen LogP contribution in [0.4, 0.5) is 10.6 Å². The van der Waals surface area contributed by atoms with Gasteiger partial charge in [-0.05, 0) is 26.7 Å². The number of ether oxygens (including phenoxy) is 1. The summed E-state index contributed by atoms with van der Waals surface area (Å²) in [7, 11) is 1.65. The predicted octanol–water partition coefficient (Wildman–Crippen LogP) is 1.68. The Hall–Kier alpha value is -2.09. The van der Waals surface area contributed by atoms with E-state index in [0.29, 0.717) is 25.4 Å². The first-order valence-electron chi connectivity index (χ1n) is 7.16. The number of carbonyl (C=O) groups excluding carboxylic acids is 1. The molecule has 8 nitrogen and oxygen atoms in total. The number of aryl methyl sites for hydroxylation is 1. The number of amides is 2. The Balaban J connectivity index is 2.42. The third kappa shape index (κ3) is 7.07. The number of anilines is 1. The lowest BCUT2D eigenvalue weighted by atomic mass is 9.99. The number of carbonyl (C=O) groups is 2. The lowest BCUT2D eigenvalue weighted by Crippen LogP contribution is -2.45. The highest BCUT2D eigenvalue weighted by Gasteiger charge is 2.21. The first kappa shape index (κ1) is 18.0. The molecule has 0 bridgehead atoms. The van der Waals surface area contributed by atoms with Crippen LogP contribution in [0, 0.1) is 0 Å². The standard InChI is InChI=1S/C14H24N4O4/c1-14(2,7-5-12(19)20)16-13(21)15-11-6-9-18(17-11)8-4-10-22-3/h6,9H,4-5,7-8,10H2,1-3H3,(H,19,20)(H2,15,16,17,21). The molecule has 2 amide bonds. The second-order valence-corrected chi connectivity index (χ2v) is 5.67. The number of nitrogens with zero attached hydrogens (tertiary/aromatic N) is 2. The largest absolute Gasteiger partial charge is 0.481 e. The summed E-state index contributed by atoms with van der Waals surface area (Å²) in [6.07, 6.45) is 2.97. The van der Waals surface area contributed by atoms with Crippen molar-refractivity contribution >= 4 is 17.8 Å². The summed E-state index contributed by atoms with van der Waals surface area (Å²) in [4.78, 5) is 22.5. The summed E-state index contributed by atoms with van der Waals surface area (Å²) in [6.45, 7) is 4.92. The van der Waals surface area contributed by atoms with Gasteiger partial charge >= 0.3 is 12.0 Å². The number of aromatic nitrogens is 2. The summed E-state index contributed by atoms with van der Waals surface area (Å²) < 4.78 is 6.69. The van der Waals surface area contributed by atoms with E-state index in [-0.39, 0.29) is 6.42 Å². The van der Waals surface area contributed by atoms with Crippen molar-refractivity contribution in [2.24, 2.45) is 0 Å². The number of carboxylic acid groups (broad SMARTS) is 1. The Morgan fingerprint density at radius 3 is 2.82 bits per heavy atom. The normalized spacial score (nSPS) is 11.2. The zero-order chi connectivity index (χ0) is 16.6. The van der Waals surface area contributed by atoms with Gasteiger partial charge in [0, 0.05) is 44.5 Å². The molecule has 124 valence electrons. The average molecular weight is 312 g/mol. The van der Waals surface area contributed by atoms with E-state index in [1.54, 1.807) is 37.9 Å². The van der Waals surface area contributed by atoms with Crippen molar-refractivity contribution in [3.05, 3.63) is 12.3 Å². The first-order chi connectivity index (χ1) is 10.3. The van der Waals surface area contributed by atoms with E-state index in [0.717, 1.165) is 6.42 Å². The van der Waals surface area contributed by atoms with E-state index >= 15 is 0 Å². The Bertz CT molecular complexity index is 499. The van der Waals surface area contributed by atoms with Crippen LogP contribution in [0.2, 0.25) is 0 Å². The van der Waals surface area contributed by atoms with E-state index in [9.17, 15) is 9.59 Å². The highest BCUT2D eigenvalue weighted by atomic mass is 16.5. The molecule has 1 aromatic heterocycles. The highest BCUT2D eigenvalue weighted by molar-refractivity contribution is 5.88. The van der Waals surface area contributed by atoms with E-state index < -0.39 is 17.5 Å². The van der Waals surface area contributed by atoms with Gasteiger partial charge in [0.1, 0.15) is 0 Å². The summed E-state index contributed by atoms with van der Waals surface area (Å²) in [5.41, 5.74) is -0.608. The van der Waals surface area contributed by atoms with Gasteiger partial charge in [-0.2, -0.15) is 5.10 Å². The fourth-order valence-electron chi connectivity index (χ4n) is 1.86. The number of rotatable bonds is 9. The Kier molecular flexibility index (Phi) is 6.84. The molecule has 0 spiro atoms. The molecular formula is C14H24N4O4. The molecule has 0 fully saturated rings. The van der Waals surface area contributed by atoms with Gasteiger partial charge in [0.2, 0.25) is 0 Å². The lowest BCUT2D eigenvalue weighted by Gasteiger charge is -2.25. The second-order valence-electron chi connectivity index (χ2n) is 5.67. The van der Waals surface area contributed by atoms with Crippen LogP contribution in [0.5, 0.6) is 0 Å². The van der Waals surface area contributed by atoms with Crippen molar-refractivity contribution in [3.8, 4) is 0 Å². The molecule has 3 N–H and O–H groups in total. The lowest BCUT2D eigenvalue weighted by molar-refractivity contribution is -0.137. The molecular weight excluding hydrogens is 288 g/mol. The molecule has 22 heavy (non-hydrogen) atoms. The molecule has 0 unspecified atom stereocenters. The van der Waals surface area contributed by atoms with Crippen LogP contribution in [0.25, 0.3) is 0 Å². The van der Waals surface area contributed by atoms with E-state index in [4.69, 9.17) is 9.84 Å². The van der Waals surface area contributed by atoms with Crippen LogP contribution >= 0.6 is 0 Å². The van der Waals surface area contributed by atoms with E-state index in [1.165, 1.54) is 0 Å². The number of urea groups is 1. The third-order valence-electron chi connectivity index (χ3n) is 3.03. The van der Waals surface area contributed by atoms with Gasteiger partial charge in [-0.15, -0.1) is 0 Å². The monoisotopic (exact) mass is 312 g/mol. The van der Waals surface area contributed by atoms with Gasteiger partial charge in [-0.3, -0.25) is 14.8 Å². The Morgan fingerprint density at radius 2 is 2.18 bits per heavy atom. The Labute approximate surface area is 129 Å². The number of methoxy groups -OCH3 is 1. The Morgan fingerprint density at radius 1 is 1.45 bits per heavy atom. The SMILES string of the molecule is COCCCn1ccc(NC(=O)NC(C)(C)CCC(=O)O)n1. The quantitative estimate of drug-likeness (QED) is 0.602. The zero-order valence-corrected chi connectivity index (χ0v) is 13.3. The van der Waals surface area contributed by atoms with Crippen LogP contribution < -0.4 is 10.6 Å². The number of hydrogen-bond donors (Lipinski definition) is 3. The summed E-state index contributed by atoms with van der Waals surface area (Å²) in [5, 5.41) is 18.3. The van der Waals surface area contributed by atoms with Crippen LogP contribution in [0.1, 0.15) is 33.1 Å². The van der Waals surface area contributed by atoms with Gasteiger partial charge in [0.05, 0.1) is 0 Å². The highest BCUT2D eigenvalue weighted by Crippen LogP contribution is 2.12. The molecule has 0 atom stereocenters. The fourth-order valence-corrected chi connectivity index (χ4v) is 1.86. The topological polar surface area (TPSA) is 105 Å². The molecule has 0 aliphatic carbocycles.